The molecule has 0 aliphatic heterocycles. The molecule has 158 valence electrons. The molecule has 0 atom stereocenters. The van der Waals surface area contributed by atoms with E-state index in [0.717, 1.165) is 15.8 Å². The van der Waals surface area contributed by atoms with Crippen molar-refractivity contribution < 1.29 is 24.9 Å². The number of hydrogen-bond acceptors (Lipinski definition) is 7. The lowest BCUT2D eigenvalue weighted by atomic mass is 10.1. The summed E-state index contributed by atoms with van der Waals surface area (Å²) in [5.41, 5.74) is 3.10. The first-order valence-electron chi connectivity index (χ1n) is 9.21. The van der Waals surface area contributed by atoms with Gasteiger partial charge in [0.2, 0.25) is 0 Å². The fourth-order valence-corrected chi connectivity index (χ4v) is 6.55. The van der Waals surface area contributed by atoms with Gasteiger partial charge in [-0.15, -0.1) is 34.9 Å². The largest absolute Gasteiger partial charge is 0.507 e. The number of carbonyl (C=O) groups is 2. The van der Waals surface area contributed by atoms with Crippen LogP contribution in [0.4, 0.5) is 0 Å². The first kappa shape index (κ1) is 22.5. The van der Waals surface area contributed by atoms with E-state index >= 15 is 0 Å². The molecule has 30 heavy (non-hydrogen) atoms. The van der Waals surface area contributed by atoms with Crippen LogP contribution in [0, 0.1) is 6.92 Å². The Kier molecular flexibility index (Phi) is 7.63. The number of phenols is 1. The van der Waals surface area contributed by atoms with Crippen LogP contribution in [0.3, 0.4) is 0 Å². The molecule has 0 saturated carbocycles. The van der Waals surface area contributed by atoms with Crippen LogP contribution in [0.1, 0.15) is 28.6 Å². The number of nitrogens with zero attached hydrogens (tertiary/aromatic N) is 1. The number of aromatic hydroxyl groups is 1. The van der Waals surface area contributed by atoms with E-state index in [-0.39, 0.29) is 23.2 Å². The van der Waals surface area contributed by atoms with E-state index in [1.807, 2.05) is 43.3 Å². The molecule has 9 heteroatoms. The summed E-state index contributed by atoms with van der Waals surface area (Å²) in [5, 5.41) is 29.7. The van der Waals surface area contributed by atoms with E-state index in [1.54, 1.807) is 0 Å². The highest BCUT2D eigenvalue weighted by Crippen LogP contribution is 2.48. The second-order valence-electron chi connectivity index (χ2n) is 6.60. The molecule has 3 N–H and O–H groups in total. The van der Waals surface area contributed by atoms with Gasteiger partial charge in [-0.25, -0.2) is 4.98 Å². The Morgan fingerprint density at radius 2 is 1.70 bits per heavy atom. The maximum atomic E-state index is 11.1. The van der Waals surface area contributed by atoms with Crippen LogP contribution in [0.2, 0.25) is 0 Å². The Morgan fingerprint density at radius 1 is 1.07 bits per heavy atom. The Hall–Kier alpha value is -2.23. The van der Waals surface area contributed by atoms with Crippen molar-refractivity contribution in [2.24, 2.45) is 0 Å². The molecule has 3 aromatic rings. The van der Waals surface area contributed by atoms with Gasteiger partial charge < -0.3 is 15.3 Å². The molecule has 0 bridgehead atoms. The molecular weight excluding hydrogens is 442 g/mol. The topological polar surface area (TPSA) is 108 Å². The number of fused-ring (bicyclic) bond motifs is 1. The van der Waals surface area contributed by atoms with Crippen molar-refractivity contribution in [3.63, 3.8) is 0 Å². The van der Waals surface area contributed by atoms with Crippen molar-refractivity contribution >= 4 is 57.0 Å². The summed E-state index contributed by atoms with van der Waals surface area (Å²) in [7, 11) is 0. The van der Waals surface area contributed by atoms with Crippen LogP contribution in [0.25, 0.3) is 20.8 Å². The summed E-state index contributed by atoms with van der Waals surface area (Å²) in [5.74, 6) is -0.940. The molecule has 2 aromatic carbocycles. The predicted molar refractivity (Wildman–Crippen MR) is 124 cm³/mol. The number of carboxylic acids is 2. The standard InChI is InChI=1S/C21H21NO5S3/c1-12-10-13(20-22-15-4-2-3-5-16(15)30-20)19(27)14(11-12)21(28-8-6-17(23)24)29-9-7-18(25)26/h2-5,10-11,21,27H,6-9H2,1H3,(H,23,24)(H,25,26). The van der Waals surface area contributed by atoms with Crippen LogP contribution < -0.4 is 0 Å². The van der Waals surface area contributed by atoms with Gasteiger partial charge in [0.1, 0.15) is 10.8 Å². The summed E-state index contributed by atoms with van der Waals surface area (Å²) in [4.78, 5) is 26.5. The number of aliphatic carboxylic acids is 2. The fraction of sp³-hybridized carbons (Fsp3) is 0.286. The van der Waals surface area contributed by atoms with Gasteiger partial charge in [-0.3, -0.25) is 9.59 Å². The number of aryl methyl sites for hydroxylation is 1. The van der Waals surface area contributed by atoms with Crippen molar-refractivity contribution in [1.29, 1.82) is 0 Å². The van der Waals surface area contributed by atoms with Crippen LogP contribution in [0.15, 0.2) is 36.4 Å². The third-order valence-corrected chi connectivity index (χ3v) is 8.11. The van der Waals surface area contributed by atoms with E-state index in [4.69, 9.17) is 10.2 Å². The Morgan fingerprint density at radius 3 is 2.30 bits per heavy atom. The molecule has 0 spiro atoms. The number of thiazole rings is 1. The van der Waals surface area contributed by atoms with Crippen LogP contribution in [0.5, 0.6) is 5.75 Å². The minimum atomic E-state index is -0.889. The zero-order valence-electron chi connectivity index (χ0n) is 16.2. The average molecular weight is 464 g/mol. The molecule has 0 amide bonds. The summed E-state index contributed by atoms with van der Waals surface area (Å²) in [6, 6.07) is 11.5. The number of aromatic nitrogens is 1. The molecular formula is C21H21NO5S3. The summed E-state index contributed by atoms with van der Waals surface area (Å²) < 4.78 is 0.745. The Labute approximate surface area is 186 Å². The van der Waals surface area contributed by atoms with E-state index in [9.17, 15) is 14.7 Å². The molecule has 0 saturated heterocycles. The Balaban J connectivity index is 1.95. The average Bonchev–Trinajstić information content (AvgIpc) is 3.12. The quantitative estimate of drug-likeness (QED) is 0.343. The second kappa shape index (κ2) is 10.2. The molecule has 1 aromatic heterocycles. The van der Waals surface area contributed by atoms with Crippen molar-refractivity contribution in [1.82, 2.24) is 4.98 Å². The summed E-state index contributed by atoms with van der Waals surface area (Å²) >= 11 is 4.29. The first-order chi connectivity index (χ1) is 14.3. The normalized spacial score (nSPS) is 11.3. The number of phenolic OH excluding ortho intramolecular Hbond substituents is 1. The fourth-order valence-electron chi connectivity index (χ4n) is 2.87. The lowest BCUT2D eigenvalue weighted by Gasteiger charge is -2.19. The molecule has 6 nitrogen and oxygen atoms in total. The highest BCUT2D eigenvalue weighted by Gasteiger charge is 2.22. The third-order valence-electron chi connectivity index (χ3n) is 4.23. The molecule has 0 aliphatic rings. The number of thioether (sulfide) groups is 2. The molecule has 0 aliphatic carbocycles. The molecule has 1 heterocycles. The van der Waals surface area contributed by atoms with Gasteiger partial charge in [0, 0.05) is 17.1 Å². The minimum absolute atomic E-state index is 0.00202. The molecule has 0 unspecified atom stereocenters. The number of rotatable bonds is 10. The first-order valence-corrected chi connectivity index (χ1v) is 12.1. The predicted octanol–water partition coefficient (Wildman–Crippen LogP) is 5.39. The molecule has 0 fully saturated rings. The Bertz CT molecular complexity index is 1010. The zero-order chi connectivity index (χ0) is 21.7. The highest BCUT2D eigenvalue weighted by molar-refractivity contribution is 8.16. The zero-order valence-corrected chi connectivity index (χ0v) is 18.6. The smallest absolute Gasteiger partial charge is 0.304 e. The van der Waals surface area contributed by atoms with Gasteiger partial charge in [-0.05, 0) is 30.7 Å². The van der Waals surface area contributed by atoms with Gasteiger partial charge in [0.15, 0.2) is 0 Å². The summed E-state index contributed by atoms with van der Waals surface area (Å²) in [6.45, 7) is 1.93. The molecule has 3 rings (SSSR count). The molecule has 0 radical (unpaired) electrons. The van der Waals surface area contributed by atoms with Gasteiger partial charge in [0.05, 0.1) is 33.2 Å². The van der Waals surface area contributed by atoms with Gasteiger partial charge in [-0.1, -0.05) is 18.2 Å². The van der Waals surface area contributed by atoms with E-state index < -0.39 is 11.9 Å². The monoisotopic (exact) mass is 463 g/mol. The van der Waals surface area contributed by atoms with E-state index in [1.165, 1.54) is 34.9 Å². The highest BCUT2D eigenvalue weighted by atomic mass is 32.2. The number of carboxylic acid groups (broad SMARTS) is 2. The minimum Gasteiger partial charge on any atom is -0.507 e. The van der Waals surface area contributed by atoms with Crippen LogP contribution in [-0.4, -0.2) is 43.7 Å². The van der Waals surface area contributed by atoms with Crippen molar-refractivity contribution in [3.8, 4) is 16.3 Å². The van der Waals surface area contributed by atoms with Crippen molar-refractivity contribution in [2.45, 2.75) is 24.3 Å². The van der Waals surface area contributed by atoms with Gasteiger partial charge >= 0.3 is 11.9 Å². The van der Waals surface area contributed by atoms with E-state index in [0.29, 0.717) is 27.6 Å². The number of benzene rings is 2. The maximum Gasteiger partial charge on any atom is 0.304 e. The second-order valence-corrected chi connectivity index (χ2v) is 10.4. The third kappa shape index (κ3) is 5.68. The van der Waals surface area contributed by atoms with Crippen molar-refractivity contribution in [2.75, 3.05) is 11.5 Å². The number of para-hydroxylation sites is 1. The van der Waals surface area contributed by atoms with Crippen LogP contribution in [-0.2, 0) is 9.59 Å². The van der Waals surface area contributed by atoms with Gasteiger partial charge in [-0.2, -0.15) is 0 Å². The van der Waals surface area contributed by atoms with Crippen LogP contribution >= 0.6 is 34.9 Å². The maximum absolute atomic E-state index is 11.1. The van der Waals surface area contributed by atoms with Crippen molar-refractivity contribution in [3.05, 3.63) is 47.5 Å². The van der Waals surface area contributed by atoms with E-state index in [2.05, 4.69) is 4.98 Å². The lowest BCUT2D eigenvalue weighted by molar-refractivity contribution is -0.137. The van der Waals surface area contributed by atoms with Gasteiger partial charge in [0.25, 0.3) is 0 Å². The summed E-state index contributed by atoms with van der Waals surface area (Å²) in [6.07, 6.45) is -0.00404. The number of hydrogen-bond donors (Lipinski definition) is 3. The lowest BCUT2D eigenvalue weighted by Crippen LogP contribution is -2.02. The SMILES string of the molecule is Cc1cc(-c2nc3ccccc3s2)c(O)c(C(SCCC(=O)O)SCCC(=O)O)c1.